The predicted octanol–water partition coefficient (Wildman–Crippen LogP) is 2.50. The first-order chi connectivity index (χ1) is 14.2. The van der Waals surface area contributed by atoms with Crippen LogP contribution in [0.15, 0.2) is 40.0 Å². The van der Waals surface area contributed by atoms with Gasteiger partial charge in [-0.15, -0.1) is 0 Å². The first-order valence-corrected chi connectivity index (χ1v) is 12.6. The van der Waals surface area contributed by atoms with E-state index < -0.39 is 37.2 Å². The van der Waals surface area contributed by atoms with Gasteiger partial charge in [0.25, 0.3) is 5.91 Å². The molecule has 0 bridgehead atoms. The molecule has 0 aromatic carbocycles. The van der Waals surface area contributed by atoms with Crippen LogP contribution in [0.4, 0.5) is 13.2 Å². The van der Waals surface area contributed by atoms with Crippen molar-refractivity contribution in [2.24, 2.45) is 4.36 Å². The third-order valence-electron chi connectivity index (χ3n) is 4.00. The summed E-state index contributed by atoms with van der Waals surface area (Å²) in [6.07, 6.45) is 0.761. The largest absolute Gasteiger partial charge is 0.417 e. The van der Waals surface area contributed by atoms with Gasteiger partial charge < -0.3 is 0 Å². The number of fused-ring (bicyclic) bond motifs is 1. The van der Waals surface area contributed by atoms with Crippen LogP contribution < -0.4 is 0 Å². The molecule has 0 saturated heterocycles. The van der Waals surface area contributed by atoms with Crippen molar-refractivity contribution in [3.8, 4) is 5.82 Å². The second-order valence-corrected chi connectivity index (χ2v) is 11.5. The molecule has 3 aromatic heterocycles. The van der Waals surface area contributed by atoms with Crippen LogP contribution in [0.2, 0.25) is 0 Å². The molecule has 0 unspecified atom stereocenters. The topological polar surface area (TPSA) is 124 Å². The van der Waals surface area contributed by atoms with Gasteiger partial charge in [-0.3, -0.25) is 9.78 Å². The van der Waals surface area contributed by atoms with Crippen molar-refractivity contribution < 1.29 is 30.6 Å². The lowest BCUT2D eigenvalue weighted by molar-refractivity contribution is -0.137. The summed E-state index contributed by atoms with van der Waals surface area (Å²) in [5.41, 5.74) is -1.25. The maximum atomic E-state index is 12.9. The number of aromatic nitrogens is 4. The zero-order valence-corrected chi connectivity index (χ0v) is 18.0. The molecule has 0 radical (unpaired) electrons. The molecule has 1 amide bonds. The highest BCUT2D eigenvalue weighted by Crippen LogP contribution is 2.30. The molecule has 3 heterocycles. The number of nitrogens with zero attached hydrogens (tertiary/aromatic N) is 5. The van der Waals surface area contributed by atoms with Crippen molar-refractivity contribution in [3.63, 3.8) is 0 Å². The number of carbonyl (C=O) groups is 1. The van der Waals surface area contributed by atoms with Crippen LogP contribution in [-0.4, -0.2) is 56.5 Å². The summed E-state index contributed by atoms with van der Waals surface area (Å²) >= 11 is 0. The van der Waals surface area contributed by atoms with Crippen LogP contribution in [0, 0.1) is 0 Å². The molecule has 0 spiro atoms. The third kappa shape index (κ3) is 4.90. The van der Waals surface area contributed by atoms with E-state index in [9.17, 15) is 30.6 Å². The Morgan fingerprint density at radius 2 is 1.77 bits per heavy atom. The zero-order valence-electron chi connectivity index (χ0n) is 16.4. The highest BCUT2D eigenvalue weighted by Gasteiger charge is 2.31. The summed E-state index contributed by atoms with van der Waals surface area (Å²) in [6, 6.07) is 1.81. The molecule has 166 valence electrons. The summed E-state index contributed by atoms with van der Waals surface area (Å²) in [7, 11) is -6.73. The Labute approximate surface area is 175 Å². The van der Waals surface area contributed by atoms with Gasteiger partial charge in [0.15, 0.2) is 15.7 Å². The van der Waals surface area contributed by atoms with Gasteiger partial charge in [-0.1, -0.05) is 6.92 Å². The Hall–Kier alpha value is -2.87. The van der Waals surface area contributed by atoms with Crippen molar-refractivity contribution in [2.45, 2.75) is 18.0 Å². The Morgan fingerprint density at radius 1 is 1.10 bits per heavy atom. The number of halogens is 3. The van der Waals surface area contributed by atoms with Crippen LogP contribution in [0.25, 0.3) is 16.9 Å². The second-order valence-electron chi connectivity index (χ2n) is 6.73. The monoisotopic (exact) mass is 475 g/mol. The van der Waals surface area contributed by atoms with Crippen molar-refractivity contribution in [1.82, 2.24) is 19.7 Å². The first-order valence-electron chi connectivity index (χ1n) is 8.58. The number of rotatable bonds is 4. The van der Waals surface area contributed by atoms with Crippen molar-refractivity contribution in [3.05, 3.63) is 41.9 Å². The van der Waals surface area contributed by atoms with Gasteiger partial charge in [-0.05, 0) is 12.1 Å². The molecule has 0 aliphatic rings. The van der Waals surface area contributed by atoms with Crippen molar-refractivity contribution in [1.29, 1.82) is 0 Å². The van der Waals surface area contributed by atoms with Crippen LogP contribution in [0.3, 0.4) is 0 Å². The van der Waals surface area contributed by atoms with Crippen LogP contribution in [-0.2, 0) is 25.7 Å². The number of carbonyl (C=O) groups excluding carboxylic acids is 1. The predicted molar refractivity (Wildman–Crippen MR) is 106 cm³/mol. The number of hydrogen-bond donors (Lipinski definition) is 0. The summed E-state index contributed by atoms with van der Waals surface area (Å²) < 4.78 is 80.3. The summed E-state index contributed by atoms with van der Waals surface area (Å²) in [5.74, 6) is -1.48. The molecule has 0 aliphatic carbocycles. The van der Waals surface area contributed by atoms with Gasteiger partial charge in [-0.2, -0.15) is 22.6 Å². The fourth-order valence-corrected chi connectivity index (χ4v) is 4.08. The molecule has 3 aromatic rings. The fourth-order valence-electron chi connectivity index (χ4n) is 2.53. The van der Waals surface area contributed by atoms with E-state index in [2.05, 4.69) is 19.4 Å². The van der Waals surface area contributed by atoms with Gasteiger partial charge in [0.1, 0.15) is 15.9 Å². The van der Waals surface area contributed by atoms with E-state index in [1.54, 1.807) is 0 Å². The average Bonchev–Trinajstić information content (AvgIpc) is 3.08. The molecule has 0 aliphatic heterocycles. The number of alkyl halides is 3. The second kappa shape index (κ2) is 7.67. The average molecular weight is 475 g/mol. The molecule has 0 fully saturated rings. The lowest BCUT2D eigenvalue weighted by Crippen LogP contribution is -2.13. The molecule has 0 saturated carbocycles. The number of sulfone groups is 1. The van der Waals surface area contributed by atoms with Gasteiger partial charge in [0.05, 0.1) is 23.1 Å². The maximum absolute atomic E-state index is 12.9. The lowest BCUT2D eigenvalue weighted by Gasteiger charge is -2.09. The minimum atomic E-state index is -4.62. The Kier molecular flexibility index (Phi) is 5.65. The smallest absolute Gasteiger partial charge is 0.266 e. The summed E-state index contributed by atoms with van der Waals surface area (Å²) in [4.78, 5) is 19.5. The quantitative estimate of drug-likeness (QED) is 0.568. The van der Waals surface area contributed by atoms with E-state index in [1.165, 1.54) is 25.6 Å². The fraction of sp³-hybridized carbons (Fsp3) is 0.294. The van der Waals surface area contributed by atoms with E-state index in [0.717, 1.165) is 23.0 Å². The number of hydrogen-bond acceptors (Lipinski definition) is 7. The Balaban J connectivity index is 2.21. The SMILES string of the molecule is CCS(=O)(=O)c1cc(C(=O)N=S(C)(C)=O)cnc1-n1cc2ncc(C(F)(F)F)cc2n1. The van der Waals surface area contributed by atoms with E-state index in [4.69, 9.17) is 0 Å². The van der Waals surface area contributed by atoms with Crippen molar-refractivity contribution in [2.75, 3.05) is 18.3 Å². The Morgan fingerprint density at radius 3 is 2.35 bits per heavy atom. The number of pyridine rings is 2. The van der Waals surface area contributed by atoms with E-state index in [0.29, 0.717) is 6.20 Å². The summed E-state index contributed by atoms with van der Waals surface area (Å²) in [5, 5.41) is 3.97. The van der Waals surface area contributed by atoms with Crippen molar-refractivity contribution >= 4 is 36.5 Å². The van der Waals surface area contributed by atoms with Crippen LogP contribution >= 0.6 is 0 Å². The molecular weight excluding hydrogens is 459 g/mol. The van der Waals surface area contributed by atoms with E-state index in [-0.39, 0.29) is 33.1 Å². The molecule has 9 nitrogen and oxygen atoms in total. The van der Waals surface area contributed by atoms with Gasteiger partial charge in [0.2, 0.25) is 0 Å². The highest BCUT2D eigenvalue weighted by molar-refractivity contribution is 7.92. The highest BCUT2D eigenvalue weighted by atomic mass is 32.2. The van der Waals surface area contributed by atoms with Gasteiger partial charge in [-0.25, -0.2) is 22.3 Å². The number of amides is 1. The third-order valence-corrected chi connectivity index (χ3v) is 6.34. The van der Waals surface area contributed by atoms with E-state index in [1.807, 2.05) is 0 Å². The molecule has 14 heteroatoms. The van der Waals surface area contributed by atoms with Crippen LogP contribution in [0.5, 0.6) is 0 Å². The molecular formula is C17H16F3N5O4S2. The molecule has 0 atom stereocenters. The van der Waals surface area contributed by atoms with Gasteiger partial charge >= 0.3 is 6.18 Å². The van der Waals surface area contributed by atoms with Gasteiger partial charge in [0, 0.05) is 34.6 Å². The Bertz CT molecular complexity index is 1410. The van der Waals surface area contributed by atoms with E-state index >= 15 is 0 Å². The maximum Gasteiger partial charge on any atom is 0.417 e. The standard InChI is InChI=1S/C17H16F3N5O4S2/c1-4-31(28,29)14-5-10(16(26)24-30(2,3)27)7-22-15(14)25-9-13-12(23-25)6-11(8-21-13)17(18,19)20/h5-9H,4H2,1-3H3. The molecule has 3 rings (SSSR count). The van der Waals surface area contributed by atoms with Crippen LogP contribution in [0.1, 0.15) is 22.8 Å². The summed E-state index contributed by atoms with van der Waals surface area (Å²) in [6.45, 7) is 1.37. The zero-order chi connectivity index (χ0) is 23.2. The molecule has 0 N–H and O–H groups in total. The minimum Gasteiger partial charge on any atom is -0.266 e. The molecule has 31 heavy (non-hydrogen) atoms. The normalized spacial score (nSPS) is 12.8. The first kappa shape index (κ1) is 22.8. The minimum absolute atomic E-state index is 0.0847. The lowest BCUT2D eigenvalue weighted by atomic mass is 10.2.